The number of carbonyl (C=O) groups is 1. The van der Waals surface area contributed by atoms with Gasteiger partial charge in [-0.15, -0.1) is 0 Å². The number of carbonyl (C=O) groups excluding carboxylic acids is 1. The van der Waals surface area contributed by atoms with Crippen LogP contribution in [-0.2, 0) is 10.2 Å². The lowest BCUT2D eigenvalue weighted by Crippen LogP contribution is -2.39. The van der Waals surface area contributed by atoms with Crippen LogP contribution in [0.5, 0.6) is 0 Å². The van der Waals surface area contributed by atoms with Gasteiger partial charge in [-0.3, -0.25) is 4.79 Å². The number of amides is 1. The Morgan fingerprint density at radius 2 is 1.68 bits per heavy atom. The number of aromatic amines is 1. The molecule has 2 aliphatic carbocycles. The molecule has 1 amide bonds. The van der Waals surface area contributed by atoms with E-state index < -0.39 is 0 Å². The summed E-state index contributed by atoms with van der Waals surface area (Å²) in [6.07, 6.45) is 8.34. The molecule has 3 fully saturated rings. The summed E-state index contributed by atoms with van der Waals surface area (Å²) in [5.41, 5.74) is 10.4. The summed E-state index contributed by atoms with van der Waals surface area (Å²) in [4.78, 5) is 21.7. The number of aromatic nitrogens is 2. The predicted octanol–water partition coefficient (Wildman–Crippen LogP) is 6.82. The maximum Gasteiger partial charge on any atom is 0.241 e. The van der Waals surface area contributed by atoms with Crippen molar-refractivity contribution in [3.8, 4) is 22.3 Å². The third-order valence-corrected chi connectivity index (χ3v) is 10.3. The molecule has 4 aliphatic rings. The zero-order valence-electron chi connectivity index (χ0n) is 24.0. The molecule has 2 aliphatic heterocycles. The van der Waals surface area contributed by atoms with Gasteiger partial charge < -0.3 is 20.9 Å². The van der Waals surface area contributed by atoms with Gasteiger partial charge in [0.1, 0.15) is 5.82 Å². The highest BCUT2D eigenvalue weighted by Gasteiger charge is 2.39. The Bertz CT molecular complexity index is 1650. The molecule has 4 aromatic rings. The summed E-state index contributed by atoms with van der Waals surface area (Å²) in [5, 5.41) is 10.4. The van der Waals surface area contributed by atoms with Crippen molar-refractivity contribution in [3.05, 3.63) is 71.5 Å². The zero-order chi connectivity index (χ0) is 27.7. The van der Waals surface area contributed by atoms with Crippen LogP contribution in [-0.4, -0.2) is 34.5 Å². The van der Waals surface area contributed by atoms with Gasteiger partial charge in [-0.1, -0.05) is 51.0 Å². The van der Waals surface area contributed by atoms with Crippen LogP contribution in [0.15, 0.2) is 54.6 Å². The first-order valence-corrected chi connectivity index (χ1v) is 15.5. The van der Waals surface area contributed by atoms with Crippen LogP contribution < -0.4 is 16.0 Å². The third kappa shape index (κ3) is 4.22. The number of hydrogen-bond acceptors (Lipinski definition) is 4. The molecule has 8 rings (SSSR count). The number of H-pyrrole nitrogens is 1. The van der Waals surface area contributed by atoms with E-state index in [1.807, 2.05) is 0 Å². The molecule has 4 N–H and O–H groups in total. The highest BCUT2D eigenvalue weighted by Crippen LogP contribution is 2.50. The van der Waals surface area contributed by atoms with E-state index in [1.54, 1.807) is 0 Å². The van der Waals surface area contributed by atoms with Crippen LogP contribution >= 0.6 is 0 Å². The van der Waals surface area contributed by atoms with Crippen LogP contribution in [0.3, 0.4) is 0 Å². The summed E-state index contributed by atoms with van der Waals surface area (Å²) in [6.45, 7) is 5.66. The van der Waals surface area contributed by atoms with Crippen LogP contribution in [0.1, 0.15) is 81.8 Å². The van der Waals surface area contributed by atoms with Gasteiger partial charge >= 0.3 is 0 Å². The summed E-state index contributed by atoms with van der Waals surface area (Å²) in [7, 11) is 0. The Morgan fingerprint density at radius 1 is 0.902 bits per heavy atom. The monoisotopic (exact) mass is 545 g/mol. The van der Waals surface area contributed by atoms with Crippen LogP contribution in [0, 0.1) is 5.92 Å². The van der Waals surface area contributed by atoms with E-state index in [2.05, 4.69) is 89.4 Å². The lowest BCUT2D eigenvalue weighted by Gasteiger charge is -2.24. The molecule has 6 nitrogen and oxygen atoms in total. The van der Waals surface area contributed by atoms with Crippen molar-refractivity contribution in [3.63, 3.8) is 0 Å². The molecule has 3 heterocycles. The molecule has 0 bridgehead atoms. The van der Waals surface area contributed by atoms with Crippen molar-refractivity contribution < 1.29 is 4.79 Å². The Labute approximate surface area is 241 Å². The lowest BCUT2D eigenvalue weighted by molar-refractivity contribution is -0.117. The highest BCUT2D eigenvalue weighted by molar-refractivity contribution is 5.96. The number of nitrogens with zero attached hydrogens (tertiary/aromatic N) is 1. The average molecular weight is 546 g/mol. The van der Waals surface area contributed by atoms with Crippen molar-refractivity contribution in [2.75, 3.05) is 11.9 Å². The van der Waals surface area contributed by atoms with Gasteiger partial charge in [0.2, 0.25) is 5.91 Å². The van der Waals surface area contributed by atoms with Crippen LogP contribution in [0.2, 0.25) is 0 Å². The van der Waals surface area contributed by atoms with Crippen molar-refractivity contribution in [1.29, 1.82) is 0 Å². The SMILES string of the molecule is CC1(C)c2cc(NC(=O)C3CC4CCCC[C@@H]4N3)ccc2-c2ccc(-c3ccc4[nH]c([C@@H]5CCCN5)nc4c3)cc21. The molecule has 2 unspecified atom stereocenters. The zero-order valence-corrected chi connectivity index (χ0v) is 24.0. The van der Waals surface area contributed by atoms with Gasteiger partial charge in [0, 0.05) is 17.1 Å². The van der Waals surface area contributed by atoms with E-state index in [0.29, 0.717) is 18.0 Å². The van der Waals surface area contributed by atoms with E-state index in [9.17, 15) is 4.79 Å². The van der Waals surface area contributed by atoms with Crippen molar-refractivity contribution >= 4 is 22.6 Å². The minimum Gasteiger partial charge on any atom is -0.341 e. The minimum absolute atomic E-state index is 0.0820. The fourth-order valence-electron chi connectivity index (χ4n) is 8.03. The van der Waals surface area contributed by atoms with Gasteiger partial charge in [-0.2, -0.15) is 0 Å². The fourth-order valence-corrected chi connectivity index (χ4v) is 8.03. The molecule has 3 aromatic carbocycles. The lowest BCUT2D eigenvalue weighted by atomic mass is 9.81. The van der Waals surface area contributed by atoms with Gasteiger partial charge in [-0.05, 0) is 108 Å². The van der Waals surface area contributed by atoms with Crippen molar-refractivity contribution in [2.24, 2.45) is 5.92 Å². The number of nitrogens with one attached hydrogen (secondary N) is 4. The second kappa shape index (κ2) is 9.53. The number of hydrogen-bond donors (Lipinski definition) is 4. The summed E-state index contributed by atoms with van der Waals surface area (Å²) >= 11 is 0. The molecule has 1 saturated carbocycles. The van der Waals surface area contributed by atoms with E-state index in [-0.39, 0.29) is 17.4 Å². The minimum atomic E-state index is -0.167. The fraction of sp³-hybridized carbons (Fsp3) is 0.429. The number of rotatable bonds is 4. The van der Waals surface area contributed by atoms with Crippen LogP contribution in [0.4, 0.5) is 5.69 Å². The molecule has 0 spiro atoms. The standard InChI is InChI=1S/C35H39N5O/c1-35(2)26-16-20(21-10-14-29-31(17-21)40-33(39-29)30-8-5-15-36-30)9-12-24(26)25-13-11-23(19-27(25)35)37-34(41)32-18-22-6-3-4-7-28(22)38-32/h9-14,16-17,19,22,28,30,32,36,38H,3-8,15,18H2,1-2H3,(H,37,41)(H,39,40)/t22?,28-,30-,32?/m0/s1. The van der Waals surface area contributed by atoms with Gasteiger partial charge in [0.05, 0.1) is 23.1 Å². The Hall–Kier alpha value is -3.48. The molecule has 1 aromatic heterocycles. The number of benzene rings is 3. The smallest absolute Gasteiger partial charge is 0.241 e. The van der Waals surface area contributed by atoms with E-state index in [1.165, 1.54) is 65.5 Å². The summed E-state index contributed by atoms with van der Waals surface area (Å²) in [5.74, 6) is 1.81. The molecular weight excluding hydrogens is 506 g/mol. The molecule has 41 heavy (non-hydrogen) atoms. The molecule has 0 radical (unpaired) electrons. The Balaban J connectivity index is 1.05. The van der Waals surface area contributed by atoms with Gasteiger partial charge in [0.25, 0.3) is 0 Å². The highest BCUT2D eigenvalue weighted by atomic mass is 16.2. The number of imidazole rings is 1. The van der Waals surface area contributed by atoms with Crippen LogP contribution in [0.25, 0.3) is 33.3 Å². The van der Waals surface area contributed by atoms with Crippen molar-refractivity contribution in [1.82, 2.24) is 20.6 Å². The van der Waals surface area contributed by atoms with Gasteiger partial charge in [-0.25, -0.2) is 4.98 Å². The Morgan fingerprint density at radius 3 is 2.51 bits per heavy atom. The first-order valence-electron chi connectivity index (χ1n) is 15.5. The predicted molar refractivity (Wildman–Crippen MR) is 165 cm³/mol. The van der Waals surface area contributed by atoms with Crippen molar-refractivity contribution in [2.45, 2.75) is 82.3 Å². The topological polar surface area (TPSA) is 81.8 Å². The maximum atomic E-state index is 13.2. The molecule has 2 saturated heterocycles. The normalized spacial score (nSPS) is 26.1. The molecule has 210 valence electrons. The number of anilines is 1. The largest absolute Gasteiger partial charge is 0.341 e. The summed E-state index contributed by atoms with van der Waals surface area (Å²) in [6, 6.07) is 20.6. The second-order valence-electron chi connectivity index (χ2n) is 13.2. The maximum absolute atomic E-state index is 13.2. The molecule has 6 heteroatoms. The second-order valence-corrected chi connectivity index (χ2v) is 13.2. The van der Waals surface area contributed by atoms with E-state index in [4.69, 9.17) is 4.98 Å². The Kier molecular flexibility index (Phi) is 5.87. The molecular formula is C35H39N5O. The quantitative estimate of drug-likeness (QED) is 0.227. The number of fused-ring (bicyclic) bond motifs is 5. The van der Waals surface area contributed by atoms with E-state index in [0.717, 1.165) is 41.9 Å². The first-order chi connectivity index (χ1) is 19.9. The van der Waals surface area contributed by atoms with Gasteiger partial charge in [0.15, 0.2) is 0 Å². The average Bonchev–Trinajstić information content (AvgIpc) is 3.78. The first kappa shape index (κ1) is 25.2. The summed E-state index contributed by atoms with van der Waals surface area (Å²) < 4.78 is 0. The molecule has 4 atom stereocenters. The third-order valence-electron chi connectivity index (χ3n) is 10.3. The van der Waals surface area contributed by atoms with E-state index >= 15 is 0 Å².